The summed E-state index contributed by atoms with van der Waals surface area (Å²) in [5.74, 6) is 5.46. The first kappa shape index (κ1) is 10.9. The van der Waals surface area contributed by atoms with E-state index in [9.17, 15) is 0 Å². The van der Waals surface area contributed by atoms with Gasteiger partial charge in [0, 0.05) is 18.4 Å². The first-order valence-electron chi connectivity index (χ1n) is 4.71. The molecule has 76 valence electrons. The van der Waals surface area contributed by atoms with Gasteiger partial charge in [-0.15, -0.1) is 6.58 Å². The van der Waals surface area contributed by atoms with Gasteiger partial charge in [-0.1, -0.05) is 5.57 Å². The quantitative estimate of drug-likeness (QED) is 0.420. The van der Waals surface area contributed by atoms with Gasteiger partial charge in [0.15, 0.2) is 0 Å². The third-order valence-corrected chi connectivity index (χ3v) is 2.06. The van der Waals surface area contributed by atoms with Crippen LogP contribution in [0.25, 0.3) is 0 Å². The SMILES string of the molecule is C=C(C)CC(Cc1ccncc1)NN. The first-order chi connectivity index (χ1) is 6.72. The zero-order valence-electron chi connectivity index (χ0n) is 8.53. The number of aromatic nitrogens is 1. The molecule has 1 aromatic rings. The van der Waals surface area contributed by atoms with Crippen LogP contribution in [0.2, 0.25) is 0 Å². The van der Waals surface area contributed by atoms with Crippen LogP contribution in [0.3, 0.4) is 0 Å². The Morgan fingerprint density at radius 1 is 1.57 bits per heavy atom. The summed E-state index contributed by atoms with van der Waals surface area (Å²) in [6.45, 7) is 5.89. The second-order valence-electron chi connectivity index (χ2n) is 3.58. The Morgan fingerprint density at radius 3 is 2.71 bits per heavy atom. The highest BCUT2D eigenvalue weighted by Crippen LogP contribution is 2.08. The van der Waals surface area contributed by atoms with Gasteiger partial charge in [0.2, 0.25) is 0 Å². The summed E-state index contributed by atoms with van der Waals surface area (Å²) in [5, 5.41) is 0. The van der Waals surface area contributed by atoms with Gasteiger partial charge in [0.05, 0.1) is 0 Å². The Balaban J connectivity index is 2.53. The molecule has 14 heavy (non-hydrogen) atoms. The minimum absolute atomic E-state index is 0.259. The van der Waals surface area contributed by atoms with Gasteiger partial charge >= 0.3 is 0 Å². The first-order valence-corrected chi connectivity index (χ1v) is 4.71. The molecule has 0 bridgehead atoms. The lowest BCUT2D eigenvalue weighted by Crippen LogP contribution is -2.36. The predicted molar refractivity (Wildman–Crippen MR) is 58.5 cm³/mol. The molecule has 1 heterocycles. The Morgan fingerprint density at radius 2 is 2.21 bits per heavy atom. The Bertz CT molecular complexity index is 282. The molecule has 1 aromatic heterocycles. The fraction of sp³-hybridized carbons (Fsp3) is 0.364. The summed E-state index contributed by atoms with van der Waals surface area (Å²) in [7, 11) is 0. The molecule has 0 aliphatic carbocycles. The number of hydrogen-bond donors (Lipinski definition) is 2. The van der Waals surface area contributed by atoms with Gasteiger partial charge in [0.1, 0.15) is 0 Å². The maximum absolute atomic E-state index is 5.46. The van der Waals surface area contributed by atoms with Crippen molar-refractivity contribution in [1.82, 2.24) is 10.4 Å². The molecule has 0 saturated heterocycles. The van der Waals surface area contributed by atoms with E-state index in [-0.39, 0.29) is 6.04 Å². The molecule has 0 aromatic carbocycles. The van der Waals surface area contributed by atoms with Crippen molar-refractivity contribution in [2.45, 2.75) is 25.8 Å². The average molecular weight is 191 g/mol. The average Bonchev–Trinajstić information content (AvgIpc) is 2.17. The molecule has 3 heteroatoms. The number of nitrogens with one attached hydrogen (secondary N) is 1. The van der Waals surface area contributed by atoms with Crippen molar-refractivity contribution < 1.29 is 0 Å². The van der Waals surface area contributed by atoms with E-state index in [4.69, 9.17) is 5.84 Å². The van der Waals surface area contributed by atoms with Crippen molar-refractivity contribution in [1.29, 1.82) is 0 Å². The molecular weight excluding hydrogens is 174 g/mol. The number of hydrogen-bond acceptors (Lipinski definition) is 3. The second-order valence-corrected chi connectivity index (χ2v) is 3.58. The van der Waals surface area contributed by atoms with Gasteiger partial charge in [-0.25, -0.2) is 0 Å². The van der Waals surface area contributed by atoms with Crippen LogP contribution in [0.15, 0.2) is 36.7 Å². The van der Waals surface area contributed by atoms with Crippen molar-refractivity contribution in [3.63, 3.8) is 0 Å². The van der Waals surface area contributed by atoms with Crippen molar-refractivity contribution in [2.24, 2.45) is 5.84 Å². The molecule has 1 atom stereocenters. The normalized spacial score (nSPS) is 12.4. The summed E-state index contributed by atoms with van der Waals surface area (Å²) >= 11 is 0. The minimum atomic E-state index is 0.259. The van der Waals surface area contributed by atoms with Crippen LogP contribution in [-0.2, 0) is 6.42 Å². The van der Waals surface area contributed by atoms with E-state index < -0.39 is 0 Å². The van der Waals surface area contributed by atoms with Crippen molar-refractivity contribution in [2.75, 3.05) is 0 Å². The van der Waals surface area contributed by atoms with Crippen LogP contribution < -0.4 is 11.3 Å². The Labute approximate surface area is 85.0 Å². The summed E-state index contributed by atoms with van der Waals surface area (Å²) in [6.07, 6.45) is 5.40. The maximum atomic E-state index is 5.46. The second kappa shape index (κ2) is 5.52. The lowest BCUT2D eigenvalue weighted by molar-refractivity contribution is 0.521. The fourth-order valence-electron chi connectivity index (χ4n) is 1.41. The van der Waals surface area contributed by atoms with Crippen LogP contribution in [-0.4, -0.2) is 11.0 Å². The van der Waals surface area contributed by atoms with Gasteiger partial charge in [-0.2, -0.15) is 0 Å². The van der Waals surface area contributed by atoms with E-state index in [1.165, 1.54) is 5.56 Å². The van der Waals surface area contributed by atoms with E-state index in [0.717, 1.165) is 18.4 Å². The van der Waals surface area contributed by atoms with E-state index in [2.05, 4.69) is 17.0 Å². The van der Waals surface area contributed by atoms with Crippen LogP contribution in [0.4, 0.5) is 0 Å². The summed E-state index contributed by atoms with van der Waals surface area (Å²) in [5.41, 5.74) is 5.18. The molecule has 0 radical (unpaired) electrons. The Kier molecular flexibility index (Phi) is 4.29. The van der Waals surface area contributed by atoms with Crippen molar-refractivity contribution in [3.8, 4) is 0 Å². The highest BCUT2D eigenvalue weighted by Gasteiger charge is 2.07. The lowest BCUT2D eigenvalue weighted by Gasteiger charge is -2.15. The number of nitrogens with two attached hydrogens (primary N) is 1. The van der Waals surface area contributed by atoms with Gasteiger partial charge in [-0.3, -0.25) is 16.3 Å². The van der Waals surface area contributed by atoms with Gasteiger partial charge in [0.25, 0.3) is 0 Å². The largest absolute Gasteiger partial charge is 0.271 e. The summed E-state index contributed by atoms with van der Waals surface area (Å²) < 4.78 is 0. The molecule has 3 N–H and O–H groups in total. The maximum Gasteiger partial charge on any atom is 0.0287 e. The van der Waals surface area contributed by atoms with Crippen LogP contribution >= 0.6 is 0 Å². The molecule has 1 unspecified atom stereocenters. The van der Waals surface area contributed by atoms with Crippen LogP contribution in [0.5, 0.6) is 0 Å². The van der Waals surface area contributed by atoms with Gasteiger partial charge in [-0.05, 0) is 37.5 Å². The van der Waals surface area contributed by atoms with E-state index in [1.54, 1.807) is 12.4 Å². The third-order valence-electron chi connectivity index (χ3n) is 2.06. The van der Waals surface area contributed by atoms with Crippen molar-refractivity contribution >= 4 is 0 Å². The molecule has 0 saturated carbocycles. The zero-order chi connectivity index (χ0) is 10.4. The van der Waals surface area contributed by atoms with E-state index >= 15 is 0 Å². The number of nitrogens with zero attached hydrogens (tertiary/aromatic N) is 1. The molecular formula is C11H17N3. The zero-order valence-corrected chi connectivity index (χ0v) is 8.53. The molecule has 0 spiro atoms. The number of rotatable bonds is 5. The molecule has 0 aliphatic heterocycles. The number of pyridine rings is 1. The minimum Gasteiger partial charge on any atom is -0.271 e. The van der Waals surface area contributed by atoms with E-state index in [1.807, 2.05) is 19.1 Å². The fourth-order valence-corrected chi connectivity index (χ4v) is 1.41. The standard InChI is InChI=1S/C11H17N3/c1-9(2)7-11(14-12)8-10-3-5-13-6-4-10/h3-6,11,14H,1,7-8,12H2,2H3. The molecule has 1 rings (SSSR count). The topological polar surface area (TPSA) is 50.9 Å². The monoisotopic (exact) mass is 191 g/mol. The highest BCUT2D eigenvalue weighted by molar-refractivity contribution is 5.12. The summed E-state index contributed by atoms with van der Waals surface area (Å²) in [4.78, 5) is 3.97. The lowest BCUT2D eigenvalue weighted by atomic mass is 10.0. The smallest absolute Gasteiger partial charge is 0.0287 e. The van der Waals surface area contributed by atoms with E-state index in [0.29, 0.717) is 0 Å². The summed E-state index contributed by atoms with van der Waals surface area (Å²) in [6, 6.07) is 4.26. The van der Waals surface area contributed by atoms with Crippen molar-refractivity contribution in [3.05, 3.63) is 42.2 Å². The molecule has 3 nitrogen and oxygen atoms in total. The highest BCUT2D eigenvalue weighted by atomic mass is 15.2. The molecule has 0 amide bonds. The predicted octanol–water partition coefficient (Wildman–Crippen LogP) is 1.42. The Hall–Kier alpha value is -1.19. The van der Waals surface area contributed by atoms with Crippen LogP contribution in [0.1, 0.15) is 18.9 Å². The van der Waals surface area contributed by atoms with Crippen LogP contribution in [0, 0.1) is 0 Å². The third kappa shape index (κ3) is 3.68. The molecule has 0 fully saturated rings. The van der Waals surface area contributed by atoms with Gasteiger partial charge < -0.3 is 0 Å². The molecule has 0 aliphatic rings. The number of hydrazine groups is 1.